The molecule has 0 aromatic carbocycles. The fourth-order valence-corrected chi connectivity index (χ4v) is 1.18. The highest BCUT2D eigenvalue weighted by Crippen LogP contribution is 2.09. The first-order chi connectivity index (χ1) is 5.97. The summed E-state index contributed by atoms with van der Waals surface area (Å²) in [5.41, 5.74) is 1.13. The molecule has 0 saturated heterocycles. The summed E-state index contributed by atoms with van der Waals surface area (Å²) in [4.78, 5) is 6.26. The van der Waals surface area contributed by atoms with Gasteiger partial charge in [0.25, 0.3) is 0 Å². The maximum atomic E-state index is 4.11. The summed E-state index contributed by atoms with van der Waals surface area (Å²) in [6.07, 6.45) is 15.9. The van der Waals surface area contributed by atoms with Crippen LogP contribution >= 0.6 is 0 Å². The molecule has 2 aliphatic heterocycles. The third kappa shape index (κ3) is 1.37. The molecular formula is C10H10N2. The average Bonchev–Trinajstić information content (AvgIpc) is 2.38. The molecule has 12 heavy (non-hydrogen) atoms. The van der Waals surface area contributed by atoms with Gasteiger partial charge in [-0.1, -0.05) is 12.2 Å². The van der Waals surface area contributed by atoms with E-state index >= 15 is 0 Å². The number of nitrogens with zero attached hydrogens (tertiary/aromatic N) is 2. The van der Waals surface area contributed by atoms with Crippen LogP contribution in [0.1, 0.15) is 0 Å². The molecule has 2 rings (SSSR count). The number of fused-ring (bicyclic) bond motifs is 1. The third-order valence-electron chi connectivity index (χ3n) is 1.79. The quantitative estimate of drug-likeness (QED) is 0.525. The molecule has 0 aromatic rings. The van der Waals surface area contributed by atoms with E-state index in [2.05, 4.69) is 22.2 Å². The zero-order chi connectivity index (χ0) is 8.23. The van der Waals surface area contributed by atoms with E-state index in [1.807, 2.05) is 36.7 Å². The second-order valence-electron chi connectivity index (χ2n) is 2.63. The van der Waals surface area contributed by atoms with Crippen molar-refractivity contribution in [3.8, 4) is 0 Å². The summed E-state index contributed by atoms with van der Waals surface area (Å²) in [6.45, 7) is 0.893. The van der Waals surface area contributed by atoms with Crippen LogP contribution in [0.5, 0.6) is 0 Å². The molecule has 2 heterocycles. The molecule has 0 fully saturated rings. The van der Waals surface area contributed by atoms with Gasteiger partial charge in [0.05, 0.1) is 11.9 Å². The van der Waals surface area contributed by atoms with Crippen LogP contribution in [0.2, 0.25) is 0 Å². The zero-order valence-electron chi connectivity index (χ0n) is 6.72. The van der Waals surface area contributed by atoms with Crippen molar-refractivity contribution in [1.29, 1.82) is 0 Å². The van der Waals surface area contributed by atoms with E-state index in [-0.39, 0.29) is 0 Å². The Labute approximate surface area is 71.9 Å². The van der Waals surface area contributed by atoms with Crippen LogP contribution < -0.4 is 0 Å². The Morgan fingerprint density at radius 2 is 2.25 bits per heavy atom. The number of rotatable bonds is 0. The molecule has 0 spiro atoms. The summed E-state index contributed by atoms with van der Waals surface area (Å²) in [5.74, 6) is 0. The lowest BCUT2D eigenvalue weighted by molar-refractivity contribution is 0.548. The largest absolute Gasteiger partial charge is 0.343 e. The monoisotopic (exact) mass is 158 g/mol. The molecular weight excluding hydrogens is 148 g/mol. The normalized spacial score (nSPS) is 20.0. The van der Waals surface area contributed by atoms with E-state index in [0.29, 0.717) is 0 Å². The van der Waals surface area contributed by atoms with Crippen LogP contribution in [0, 0.1) is 0 Å². The molecule has 0 unspecified atom stereocenters. The van der Waals surface area contributed by atoms with E-state index in [1.54, 1.807) is 0 Å². The Morgan fingerprint density at radius 1 is 1.25 bits per heavy atom. The molecule has 2 aliphatic rings. The molecule has 0 amide bonds. The van der Waals surface area contributed by atoms with E-state index < -0.39 is 0 Å². The second-order valence-corrected chi connectivity index (χ2v) is 2.63. The zero-order valence-corrected chi connectivity index (χ0v) is 6.72. The maximum Gasteiger partial charge on any atom is 0.0594 e. The predicted molar refractivity (Wildman–Crippen MR) is 50.7 cm³/mol. The van der Waals surface area contributed by atoms with Crippen LogP contribution in [-0.4, -0.2) is 17.7 Å². The van der Waals surface area contributed by atoms with Crippen LogP contribution in [0.15, 0.2) is 53.5 Å². The first-order valence-electron chi connectivity index (χ1n) is 3.97. The smallest absolute Gasteiger partial charge is 0.0594 e. The Kier molecular flexibility index (Phi) is 1.90. The molecule has 2 nitrogen and oxygen atoms in total. The van der Waals surface area contributed by atoms with E-state index in [4.69, 9.17) is 0 Å². The molecule has 0 bridgehead atoms. The van der Waals surface area contributed by atoms with Crippen molar-refractivity contribution in [2.75, 3.05) is 6.54 Å². The van der Waals surface area contributed by atoms with E-state index in [1.165, 1.54) is 0 Å². The van der Waals surface area contributed by atoms with Gasteiger partial charge in [-0.15, -0.1) is 0 Å². The van der Waals surface area contributed by atoms with Gasteiger partial charge in [-0.05, 0) is 18.2 Å². The Balaban J connectivity index is 2.33. The number of allylic oxidation sites excluding steroid dienone is 5. The molecule has 0 aromatic heterocycles. The van der Waals surface area contributed by atoms with Crippen molar-refractivity contribution < 1.29 is 0 Å². The fraction of sp³-hybridized carbons (Fsp3) is 0.100. The van der Waals surface area contributed by atoms with Gasteiger partial charge in [-0.3, -0.25) is 4.99 Å². The summed E-state index contributed by atoms with van der Waals surface area (Å²) >= 11 is 0. The van der Waals surface area contributed by atoms with Crippen molar-refractivity contribution >= 4 is 6.21 Å². The minimum atomic E-state index is 0.893. The van der Waals surface area contributed by atoms with Crippen molar-refractivity contribution in [2.24, 2.45) is 4.99 Å². The summed E-state index contributed by atoms with van der Waals surface area (Å²) in [6, 6.07) is 0. The summed E-state index contributed by atoms with van der Waals surface area (Å²) in [5, 5.41) is 0. The van der Waals surface area contributed by atoms with Gasteiger partial charge in [0, 0.05) is 18.9 Å². The highest BCUT2D eigenvalue weighted by Gasteiger charge is 2.04. The SMILES string of the molecule is C1=CC=C2C=NC=CCN2C=C1. The summed E-state index contributed by atoms with van der Waals surface area (Å²) < 4.78 is 0. The lowest BCUT2D eigenvalue weighted by atomic mass is 10.3. The fourth-order valence-electron chi connectivity index (χ4n) is 1.18. The highest BCUT2D eigenvalue weighted by molar-refractivity contribution is 5.79. The number of hydrogen-bond donors (Lipinski definition) is 0. The Bertz CT molecular complexity index is 306. The Hall–Kier alpha value is -1.57. The minimum absolute atomic E-state index is 0.893. The molecule has 2 heteroatoms. The molecule has 0 radical (unpaired) electrons. The molecule has 0 aliphatic carbocycles. The molecule has 60 valence electrons. The van der Waals surface area contributed by atoms with Crippen molar-refractivity contribution in [3.05, 3.63) is 48.5 Å². The van der Waals surface area contributed by atoms with Gasteiger partial charge < -0.3 is 4.90 Å². The molecule has 0 atom stereocenters. The topological polar surface area (TPSA) is 15.6 Å². The van der Waals surface area contributed by atoms with Gasteiger partial charge in [0.1, 0.15) is 0 Å². The van der Waals surface area contributed by atoms with Crippen molar-refractivity contribution in [2.45, 2.75) is 0 Å². The Morgan fingerprint density at radius 3 is 3.25 bits per heavy atom. The van der Waals surface area contributed by atoms with Gasteiger partial charge in [0.15, 0.2) is 0 Å². The molecule has 0 N–H and O–H groups in total. The van der Waals surface area contributed by atoms with Crippen LogP contribution in [0.3, 0.4) is 0 Å². The number of aliphatic imine (C=N–C) groups is 1. The van der Waals surface area contributed by atoms with Gasteiger partial charge in [0.2, 0.25) is 0 Å². The van der Waals surface area contributed by atoms with E-state index in [0.717, 1.165) is 12.2 Å². The van der Waals surface area contributed by atoms with Crippen molar-refractivity contribution in [3.63, 3.8) is 0 Å². The minimum Gasteiger partial charge on any atom is -0.343 e. The first-order valence-corrected chi connectivity index (χ1v) is 3.97. The third-order valence-corrected chi connectivity index (χ3v) is 1.79. The summed E-state index contributed by atoms with van der Waals surface area (Å²) in [7, 11) is 0. The van der Waals surface area contributed by atoms with E-state index in [9.17, 15) is 0 Å². The van der Waals surface area contributed by atoms with Gasteiger partial charge in [-0.2, -0.15) is 0 Å². The standard InChI is InChI=1S/C10H10N2/c1-2-5-10-9-11-6-4-8-12(10)7-3-1/h1-7,9H,8H2. The van der Waals surface area contributed by atoms with Gasteiger partial charge in [-0.25, -0.2) is 0 Å². The number of hydrogen-bond acceptors (Lipinski definition) is 2. The van der Waals surface area contributed by atoms with Crippen molar-refractivity contribution in [1.82, 2.24) is 4.90 Å². The van der Waals surface area contributed by atoms with Gasteiger partial charge >= 0.3 is 0 Å². The second kappa shape index (κ2) is 3.22. The van der Waals surface area contributed by atoms with Crippen LogP contribution in [-0.2, 0) is 0 Å². The lowest BCUT2D eigenvalue weighted by Crippen LogP contribution is -2.15. The maximum absolute atomic E-state index is 4.11. The predicted octanol–water partition coefficient (Wildman–Crippen LogP) is 1.85. The van der Waals surface area contributed by atoms with Crippen LogP contribution in [0.25, 0.3) is 0 Å². The molecule has 0 saturated carbocycles. The lowest BCUT2D eigenvalue weighted by Gasteiger charge is -2.16. The average molecular weight is 158 g/mol. The first kappa shape index (κ1) is 7.10. The van der Waals surface area contributed by atoms with Crippen LogP contribution in [0.4, 0.5) is 0 Å². The highest BCUT2D eigenvalue weighted by atomic mass is 15.1.